The number of aryl methyl sites for hydroxylation is 1. The van der Waals surface area contributed by atoms with Crippen molar-refractivity contribution in [3.63, 3.8) is 0 Å². The van der Waals surface area contributed by atoms with Crippen molar-refractivity contribution < 1.29 is 5.11 Å². The van der Waals surface area contributed by atoms with Gasteiger partial charge in [0.25, 0.3) is 0 Å². The van der Waals surface area contributed by atoms with Crippen LogP contribution in [0.4, 0.5) is 11.6 Å². The van der Waals surface area contributed by atoms with Gasteiger partial charge in [0, 0.05) is 25.4 Å². The lowest BCUT2D eigenvalue weighted by atomic mass is 10.1. The van der Waals surface area contributed by atoms with Crippen LogP contribution in [0.1, 0.15) is 37.3 Å². The first-order valence-electron chi connectivity index (χ1n) is 9.08. The van der Waals surface area contributed by atoms with E-state index in [9.17, 15) is 4.79 Å². The van der Waals surface area contributed by atoms with Crippen LogP contribution in [0.5, 0.6) is 0 Å². The third-order valence-corrected chi connectivity index (χ3v) is 5.13. The number of aliphatic hydroxyl groups is 1. The van der Waals surface area contributed by atoms with Crippen molar-refractivity contribution in [3.05, 3.63) is 46.5 Å². The number of aliphatic hydroxyl groups excluding tert-OH is 1. The van der Waals surface area contributed by atoms with Crippen LogP contribution in [0, 0.1) is 0 Å². The molecule has 136 valence electrons. The summed E-state index contributed by atoms with van der Waals surface area (Å²) in [5.41, 5.74) is 3.38. The smallest absolute Gasteiger partial charge is 0.330 e. The van der Waals surface area contributed by atoms with Crippen LogP contribution in [0.25, 0.3) is 11.2 Å². The van der Waals surface area contributed by atoms with Crippen molar-refractivity contribution in [2.24, 2.45) is 7.05 Å². The Balaban J connectivity index is 1.68. The zero-order valence-electron chi connectivity index (χ0n) is 14.9. The van der Waals surface area contributed by atoms with Gasteiger partial charge in [-0.15, -0.1) is 0 Å². The lowest BCUT2D eigenvalue weighted by Gasteiger charge is -2.11. The Kier molecular flexibility index (Phi) is 4.46. The second-order valence-electron chi connectivity index (χ2n) is 6.85. The number of hydrogen-bond acceptors (Lipinski definition) is 5. The zero-order chi connectivity index (χ0) is 18.1. The molecule has 2 N–H and O–H groups in total. The molecule has 0 aliphatic heterocycles. The van der Waals surface area contributed by atoms with Crippen LogP contribution in [-0.2, 0) is 13.5 Å². The van der Waals surface area contributed by atoms with E-state index in [1.807, 2.05) is 28.8 Å². The van der Waals surface area contributed by atoms with Gasteiger partial charge in [0.15, 0.2) is 5.65 Å². The van der Waals surface area contributed by atoms with Gasteiger partial charge in [-0.1, -0.05) is 25.0 Å². The molecular weight excluding hydrogens is 330 g/mol. The van der Waals surface area contributed by atoms with Gasteiger partial charge in [0.05, 0.1) is 6.20 Å². The molecule has 4 rings (SSSR count). The minimum atomic E-state index is -0.0216. The van der Waals surface area contributed by atoms with Crippen molar-refractivity contribution in [2.75, 3.05) is 11.9 Å². The number of hydrogen-bond donors (Lipinski definition) is 2. The van der Waals surface area contributed by atoms with E-state index in [-0.39, 0.29) is 18.3 Å². The van der Waals surface area contributed by atoms with Crippen LogP contribution in [0.15, 0.2) is 35.3 Å². The highest BCUT2D eigenvalue weighted by atomic mass is 16.3. The average molecular weight is 353 g/mol. The van der Waals surface area contributed by atoms with E-state index in [1.165, 1.54) is 0 Å². The van der Waals surface area contributed by atoms with Crippen LogP contribution in [0.2, 0.25) is 0 Å². The molecule has 0 spiro atoms. The van der Waals surface area contributed by atoms with E-state index in [0.717, 1.165) is 42.5 Å². The second kappa shape index (κ2) is 6.92. The van der Waals surface area contributed by atoms with Crippen LogP contribution < -0.4 is 11.0 Å². The molecule has 0 unspecified atom stereocenters. The van der Waals surface area contributed by atoms with Gasteiger partial charge in [0.1, 0.15) is 5.52 Å². The third kappa shape index (κ3) is 2.99. The molecule has 7 nitrogen and oxygen atoms in total. The van der Waals surface area contributed by atoms with Crippen molar-refractivity contribution in [1.82, 2.24) is 19.1 Å². The normalized spacial score (nSPS) is 15.0. The van der Waals surface area contributed by atoms with Crippen molar-refractivity contribution in [2.45, 2.75) is 38.1 Å². The molecule has 2 heterocycles. The molecule has 2 aromatic heterocycles. The van der Waals surface area contributed by atoms with E-state index < -0.39 is 0 Å². The molecule has 0 radical (unpaired) electrons. The number of aromatic nitrogens is 4. The molecule has 7 heteroatoms. The Morgan fingerprint density at radius 1 is 1.23 bits per heavy atom. The topological polar surface area (TPSA) is 85.0 Å². The molecular formula is C19H23N5O2. The standard InChI is InChI=1S/C19H23N5O2/c1-23-16-12-20-18(21-14-8-6-13(7-9-14)10-11-25)22-17(16)24(19(23)26)15-4-2-3-5-15/h6-9,12,15,25H,2-5,10-11H2,1H3,(H,20,21,22). The van der Waals surface area contributed by atoms with Crippen molar-refractivity contribution in [3.8, 4) is 0 Å². The number of nitrogens with zero attached hydrogens (tertiary/aromatic N) is 4. The highest BCUT2D eigenvalue weighted by molar-refractivity contribution is 5.73. The summed E-state index contributed by atoms with van der Waals surface area (Å²) in [7, 11) is 1.77. The minimum Gasteiger partial charge on any atom is -0.396 e. The van der Waals surface area contributed by atoms with Gasteiger partial charge >= 0.3 is 5.69 Å². The van der Waals surface area contributed by atoms with E-state index in [0.29, 0.717) is 18.0 Å². The summed E-state index contributed by atoms with van der Waals surface area (Å²) < 4.78 is 3.46. The van der Waals surface area contributed by atoms with Gasteiger partial charge in [-0.05, 0) is 37.0 Å². The maximum absolute atomic E-state index is 12.7. The molecule has 1 aliphatic rings. The minimum absolute atomic E-state index is 0.0216. The van der Waals surface area contributed by atoms with E-state index in [2.05, 4.69) is 15.3 Å². The number of nitrogens with one attached hydrogen (secondary N) is 1. The Labute approximate surface area is 151 Å². The largest absolute Gasteiger partial charge is 0.396 e. The predicted octanol–water partition coefficient (Wildman–Crippen LogP) is 2.52. The summed E-state index contributed by atoms with van der Waals surface area (Å²) in [6.07, 6.45) is 6.71. The first-order valence-corrected chi connectivity index (χ1v) is 9.08. The maximum Gasteiger partial charge on any atom is 0.330 e. The molecule has 1 aromatic carbocycles. The first-order chi connectivity index (χ1) is 12.7. The molecule has 26 heavy (non-hydrogen) atoms. The number of benzene rings is 1. The zero-order valence-corrected chi connectivity index (χ0v) is 14.9. The Morgan fingerprint density at radius 2 is 1.96 bits per heavy atom. The van der Waals surface area contributed by atoms with Crippen LogP contribution in [-0.4, -0.2) is 30.8 Å². The lowest BCUT2D eigenvalue weighted by molar-refractivity contribution is 0.299. The summed E-state index contributed by atoms with van der Waals surface area (Å²) in [5.74, 6) is 0.477. The fourth-order valence-corrected chi connectivity index (χ4v) is 3.70. The van der Waals surface area contributed by atoms with Crippen LogP contribution >= 0.6 is 0 Å². The van der Waals surface area contributed by atoms with Gasteiger partial charge in [-0.3, -0.25) is 9.13 Å². The summed E-state index contributed by atoms with van der Waals surface area (Å²) in [6.45, 7) is 0.138. The van der Waals surface area contributed by atoms with E-state index >= 15 is 0 Å². The van der Waals surface area contributed by atoms with E-state index in [4.69, 9.17) is 5.11 Å². The van der Waals surface area contributed by atoms with Crippen molar-refractivity contribution in [1.29, 1.82) is 0 Å². The fraction of sp³-hybridized carbons (Fsp3) is 0.421. The summed E-state index contributed by atoms with van der Waals surface area (Å²) in [6, 6.07) is 8.04. The van der Waals surface area contributed by atoms with E-state index in [1.54, 1.807) is 17.8 Å². The Bertz CT molecular complexity index is 968. The number of fused-ring (bicyclic) bond motifs is 1. The summed E-state index contributed by atoms with van der Waals surface area (Å²) in [5, 5.41) is 12.2. The Hall–Kier alpha value is -2.67. The molecule has 1 aliphatic carbocycles. The van der Waals surface area contributed by atoms with Crippen molar-refractivity contribution >= 4 is 22.8 Å². The monoisotopic (exact) mass is 353 g/mol. The van der Waals surface area contributed by atoms with Gasteiger partial charge < -0.3 is 10.4 Å². The summed E-state index contributed by atoms with van der Waals surface area (Å²) in [4.78, 5) is 21.7. The molecule has 1 saturated carbocycles. The second-order valence-corrected chi connectivity index (χ2v) is 6.85. The number of rotatable bonds is 5. The van der Waals surface area contributed by atoms with Gasteiger partial charge in [-0.2, -0.15) is 4.98 Å². The van der Waals surface area contributed by atoms with Crippen LogP contribution in [0.3, 0.4) is 0 Å². The molecule has 3 aromatic rings. The highest BCUT2D eigenvalue weighted by Crippen LogP contribution is 2.30. The third-order valence-electron chi connectivity index (χ3n) is 5.13. The Morgan fingerprint density at radius 3 is 2.65 bits per heavy atom. The fourth-order valence-electron chi connectivity index (χ4n) is 3.70. The highest BCUT2D eigenvalue weighted by Gasteiger charge is 2.23. The molecule has 0 bridgehead atoms. The predicted molar refractivity (Wildman–Crippen MR) is 101 cm³/mol. The summed E-state index contributed by atoms with van der Waals surface area (Å²) >= 11 is 0. The first kappa shape index (κ1) is 16.8. The SMILES string of the molecule is Cn1c(=O)n(C2CCCC2)c2nc(Nc3ccc(CCO)cc3)ncc21. The number of imidazole rings is 1. The maximum atomic E-state index is 12.7. The van der Waals surface area contributed by atoms with Gasteiger partial charge in [0.2, 0.25) is 5.95 Å². The molecule has 0 saturated heterocycles. The average Bonchev–Trinajstić information content (AvgIpc) is 3.25. The molecule has 0 amide bonds. The number of anilines is 2. The van der Waals surface area contributed by atoms with Gasteiger partial charge in [-0.25, -0.2) is 9.78 Å². The quantitative estimate of drug-likeness (QED) is 0.736. The molecule has 1 fully saturated rings. The lowest BCUT2D eigenvalue weighted by Crippen LogP contribution is -2.25. The molecule has 0 atom stereocenters.